The average Bonchev–Trinajstić information content (AvgIpc) is 3.12. The zero-order chi connectivity index (χ0) is 21.9. The Hall–Kier alpha value is -3.80. The third-order valence-electron chi connectivity index (χ3n) is 4.51. The lowest BCUT2D eigenvalue weighted by Crippen LogP contribution is -2.23. The van der Waals surface area contributed by atoms with Gasteiger partial charge in [-0.05, 0) is 42.8 Å². The fourth-order valence-electron chi connectivity index (χ4n) is 2.92. The van der Waals surface area contributed by atoms with E-state index in [9.17, 15) is 18.0 Å². The van der Waals surface area contributed by atoms with Gasteiger partial charge in [-0.1, -0.05) is 12.1 Å². The Balaban J connectivity index is 1.78. The summed E-state index contributed by atoms with van der Waals surface area (Å²) in [5, 5.41) is 15.8. The van der Waals surface area contributed by atoms with Crippen LogP contribution in [-0.2, 0) is 12.7 Å². The molecule has 0 aliphatic rings. The largest absolute Gasteiger partial charge is 0.495 e. The molecule has 0 saturated carbocycles. The van der Waals surface area contributed by atoms with Crippen molar-refractivity contribution in [1.82, 2.24) is 15.1 Å². The zero-order valence-corrected chi connectivity index (χ0v) is 16.1. The number of hydrogen-bond acceptors (Lipinski definition) is 4. The van der Waals surface area contributed by atoms with Gasteiger partial charge in [0.25, 0.3) is 5.91 Å². The van der Waals surface area contributed by atoms with Crippen LogP contribution in [-0.4, -0.2) is 22.8 Å². The van der Waals surface area contributed by atoms with Crippen LogP contribution in [0.3, 0.4) is 0 Å². The van der Waals surface area contributed by atoms with Gasteiger partial charge in [-0.3, -0.25) is 4.79 Å². The monoisotopic (exact) mass is 414 g/mol. The van der Waals surface area contributed by atoms with Gasteiger partial charge in [-0.15, -0.1) is 0 Å². The summed E-state index contributed by atoms with van der Waals surface area (Å²) in [4.78, 5) is 12.6. The summed E-state index contributed by atoms with van der Waals surface area (Å²) < 4.78 is 45.3. The highest BCUT2D eigenvalue weighted by molar-refractivity contribution is 5.95. The van der Waals surface area contributed by atoms with Crippen molar-refractivity contribution in [3.05, 3.63) is 76.6 Å². The fraction of sp³-hybridized carbons (Fsp3) is 0.190. The standard InChI is InChI=1S/C21H17F3N4O2/c1-13-18(12-27-28(13)17-5-3-4-16(9-17)21(22,23)24)20(29)26-11-14-6-7-15(10-25)19(8-14)30-2/h3-9,12H,11H2,1-2H3,(H,26,29). The highest BCUT2D eigenvalue weighted by atomic mass is 19.4. The van der Waals surface area contributed by atoms with Crippen LogP contribution in [0.1, 0.15) is 32.7 Å². The number of carbonyl (C=O) groups is 1. The van der Waals surface area contributed by atoms with E-state index in [0.29, 0.717) is 17.0 Å². The zero-order valence-electron chi connectivity index (χ0n) is 16.1. The molecule has 3 rings (SSSR count). The third kappa shape index (κ3) is 4.27. The molecule has 6 nitrogen and oxygen atoms in total. The number of nitrogens with zero attached hydrogens (tertiary/aromatic N) is 3. The molecule has 1 N–H and O–H groups in total. The molecule has 2 aromatic carbocycles. The molecular formula is C21H17F3N4O2. The molecule has 3 aromatic rings. The molecule has 0 radical (unpaired) electrons. The molecule has 9 heteroatoms. The van der Waals surface area contributed by atoms with Crippen LogP contribution >= 0.6 is 0 Å². The van der Waals surface area contributed by atoms with Gasteiger partial charge in [0.15, 0.2) is 0 Å². The summed E-state index contributed by atoms with van der Waals surface area (Å²) in [5.74, 6) is -0.0214. The van der Waals surface area contributed by atoms with E-state index in [2.05, 4.69) is 10.4 Å². The number of rotatable bonds is 5. The lowest BCUT2D eigenvalue weighted by atomic mass is 10.1. The second-order valence-electron chi connectivity index (χ2n) is 6.43. The number of aromatic nitrogens is 2. The Labute approximate surface area is 170 Å². The Morgan fingerprint density at radius 2 is 2.03 bits per heavy atom. The van der Waals surface area contributed by atoms with E-state index in [-0.39, 0.29) is 17.8 Å². The Kier molecular flexibility index (Phi) is 5.78. The number of carbonyl (C=O) groups excluding carboxylic acids is 1. The molecule has 1 heterocycles. The number of ether oxygens (including phenoxy) is 1. The molecule has 0 saturated heterocycles. The number of amides is 1. The molecule has 0 aliphatic heterocycles. The van der Waals surface area contributed by atoms with E-state index in [1.807, 2.05) is 6.07 Å². The second kappa shape index (κ2) is 8.29. The van der Waals surface area contributed by atoms with Crippen LogP contribution in [0, 0.1) is 18.3 Å². The number of halogens is 3. The lowest BCUT2D eigenvalue weighted by Gasteiger charge is -2.10. The lowest BCUT2D eigenvalue weighted by molar-refractivity contribution is -0.137. The highest BCUT2D eigenvalue weighted by Crippen LogP contribution is 2.30. The molecule has 154 valence electrons. The van der Waals surface area contributed by atoms with Crippen molar-refractivity contribution >= 4 is 5.91 Å². The summed E-state index contributed by atoms with van der Waals surface area (Å²) in [5.41, 5.74) is 1.17. The van der Waals surface area contributed by atoms with E-state index in [1.165, 1.54) is 30.1 Å². The molecule has 0 spiro atoms. The number of methoxy groups -OCH3 is 1. The first-order valence-corrected chi connectivity index (χ1v) is 8.82. The first-order valence-electron chi connectivity index (χ1n) is 8.82. The molecule has 30 heavy (non-hydrogen) atoms. The van der Waals surface area contributed by atoms with Gasteiger partial charge in [0.05, 0.1) is 41.4 Å². The Morgan fingerprint density at radius 1 is 1.27 bits per heavy atom. The van der Waals surface area contributed by atoms with E-state index in [4.69, 9.17) is 10.00 Å². The molecule has 1 amide bonds. The van der Waals surface area contributed by atoms with Gasteiger partial charge in [0, 0.05) is 6.54 Å². The van der Waals surface area contributed by atoms with Crippen LogP contribution in [0.5, 0.6) is 5.75 Å². The van der Waals surface area contributed by atoms with E-state index in [1.54, 1.807) is 25.1 Å². The van der Waals surface area contributed by atoms with Gasteiger partial charge in [-0.25, -0.2) is 4.68 Å². The summed E-state index contributed by atoms with van der Waals surface area (Å²) in [6.07, 6.45) is -3.16. The molecule has 0 bridgehead atoms. The summed E-state index contributed by atoms with van der Waals surface area (Å²) in [6.45, 7) is 1.78. The predicted octanol–water partition coefficient (Wildman–Crippen LogP) is 4.01. The number of hydrogen-bond donors (Lipinski definition) is 1. The maximum Gasteiger partial charge on any atom is 0.416 e. The summed E-state index contributed by atoms with van der Waals surface area (Å²) in [6, 6.07) is 11.7. The fourth-order valence-corrected chi connectivity index (χ4v) is 2.92. The van der Waals surface area contributed by atoms with Gasteiger partial charge in [0.2, 0.25) is 0 Å². The molecular weight excluding hydrogens is 397 g/mol. The minimum absolute atomic E-state index is 0.176. The van der Waals surface area contributed by atoms with Crippen LogP contribution < -0.4 is 10.1 Å². The van der Waals surface area contributed by atoms with Crippen molar-refractivity contribution in [3.8, 4) is 17.5 Å². The van der Waals surface area contributed by atoms with Gasteiger partial charge in [-0.2, -0.15) is 23.5 Å². The van der Waals surface area contributed by atoms with Crippen molar-refractivity contribution in [2.45, 2.75) is 19.6 Å². The van der Waals surface area contributed by atoms with Gasteiger partial charge < -0.3 is 10.1 Å². The predicted molar refractivity (Wildman–Crippen MR) is 102 cm³/mol. The molecule has 0 unspecified atom stereocenters. The SMILES string of the molecule is COc1cc(CNC(=O)c2cnn(-c3cccc(C(F)(F)F)c3)c2C)ccc1C#N. The highest BCUT2D eigenvalue weighted by Gasteiger charge is 2.30. The average molecular weight is 414 g/mol. The smallest absolute Gasteiger partial charge is 0.416 e. The number of alkyl halides is 3. The van der Waals surface area contributed by atoms with Gasteiger partial charge >= 0.3 is 6.18 Å². The summed E-state index contributed by atoms with van der Waals surface area (Å²) in [7, 11) is 1.45. The van der Waals surface area contributed by atoms with Crippen molar-refractivity contribution in [3.63, 3.8) is 0 Å². The van der Waals surface area contributed by atoms with Crippen LogP contribution in [0.4, 0.5) is 13.2 Å². The number of benzene rings is 2. The van der Waals surface area contributed by atoms with E-state index < -0.39 is 17.6 Å². The van der Waals surface area contributed by atoms with Crippen molar-refractivity contribution in [1.29, 1.82) is 5.26 Å². The van der Waals surface area contributed by atoms with Crippen molar-refractivity contribution in [2.75, 3.05) is 7.11 Å². The summed E-state index contributed by atoms with van der Waals surface area (Å²) >= 11 is 0. The minimum Gasteiger partial charge on any atom is -0.495 e. The molecule has 0 aliphatic carbocycles. The topological polar surface area (TPSA) is 79.9 Å². The Bertz CT molecular complexity index is 1130. The molecule has 0 atom stereocenters. The van der Waals surface area contributed by atoms with Crippen LogP contribution in [0.15, 0.2) is 48.7 Å². The molecule has 1 aromatic heterocycles. The Morgan fingerprint density at radius 3 is 2.70 bits per heavy atom. The number of nitrogens with one attached hydrogen (secondary N) is 1. The number of nitriles is 1. The third-order valence-corrected chi connectivity index (χ3v) is 4.51. The van der Waals surface area contributed by atoms with Crippen LogP contribution in [0.2, 0.25) is 0 Å². The van der Waals surface area contributed by atoms with E-state index in [0.717, 1.165) is 17.7 Å². The maximum absolute atomic E-state index is 13.0. The van der Waals surface area contributed by atoms with Crippen LogP contribution in [0.25, 0.3) is 5.69 Å². The normalized spacial score (nSPS) is 11.1. The minimum atomic E-state index is -4.47. The quantitative estimate of drug-likeness (QED) is 0.684. The van der Waals surface area contributed by atoms with Crippen molar-refractivity contribution < 1.29 is 22.7 Å². The first kappa shape index (κ1) is 20.9. The first-order chi connectivity index (χ1) is 14.2. The van der Waals surface area contributed by atoms with Crippen molar-refractivity contribution in [2.24, 2.45) is 0 Å². The molecule has 0 fully saturated rings. The second-order valence-corrected chi connectivity index (χ2v) is 6.43. The van der Waals surface area contributed by atoms with E-state index >= 15 is 0 Å². The van der Waals surface area contributed by atoms with Gasteiger partial charge in [0.1, 0.15) is 11.8 Å². The maximum atomic E-state index is 13.0.